The number of carbonyl (C=O) groups excluding carboxylic acids is 1. The molecule has 1 heterocycles. The number of Topliss-reactive ketones (excluding diaryl/α,β-unsaturated/α-hetero) is 1. The maximum Gasteiger partial charge on any atom is 0.191 e. The van der Waals surface area contributed by atoms with Crippen LogP contribution in [0.25, 0.3) is 0 Å². The van der Waals surface area contributed by atoms with E-state index in [4.69, 9.17) is 14.2 Å². The molecule has 98 valence electrons. The molecule has 0 radical (unpaired) electrons. The first-order valence-corrected chi connectivity index (χ1v) is 6.07. The molecule has 1 aromatic rings. The maximum atomic E-state index is 12.2. The summed E-state index contributed by atoms with van der Waals surface area (Å²) in [6, 6.07) is 5.19. The number of ether oxygens (including phenoxy) is 3. The Kier molecular flexibility index (Phi) is 3.87. The molecule has 0 bridgehead atoms. The molecule has 18 heavy (non-hydrogen) atoms. The van der Waals surface area contributed by atoms with Gasteiger partial charge in [-0.05, 0) is 38.0 Å². The number of benzene rings is 1. The van der Waals surface area contributed by atoms with Crippen LogP contribution in [0.3, 0.4) is 0 Å². The molecule has 0 aromatic heterocycles. The van der Waals surface area contributed by atoms with E-state index in [1.165, 1.54) is 0 Å². The predicted molar refractivity (Wildman–Crippen MR) is 67.4 cm³/mol. The van der Waals surface area contributed by atoms with Gasteiger partial charge in [0.15, 0.2) is 17.3 Å². The molecule has 0 amide bonds. The summed E-state index contributed by atoms with van der Waals surface area (Å²) in [6.45, 7) is 1.99. The van der Waals surface area contributed by atoms with Crippen LogP contribution in [0, 0.1) is 0 Å². The van der Waals surface area contributed by atoms with Crippen molar-refractivity contribution in [1.82, 2.24) is 0 Å². The first kappa shape index (κ1) is 12.9. The van der Waals surface area contributed by atoms with Gasteiger partial charge >= 0.3 is 0 Å². The van der Waals surface area contributed by atoms with E-state index in [0.29, 0.717) is 17.1 Å². The summed E-state index contributed by atoms with van der Waals surface area (Å²) in [7, 11) is 3.13. The molecule has 1 fully saturated rings. The van der Waals surface area contributed by atoms with Crippen LogP contribution < -0.4 is 9.47 Å². The highest BCUT2D eigenvalue weighted by Gasteiger charge is 2.29. The topological polar surface area (TPSA) is 44.8 Å². The summed E-state index contributed by atoms with van der Waals surface area (Å²) in [4.78, 5) is 12.2. The first-order valence-electron chi connectivity index (χ1n) is 6.07. The van der Waals surface area contributed by atoms with Gasteiger partial charge in [0, 0.05) is 5.56 Å². The average molecular weight is 250 g/mol. The number of ketones is 1. The molecular formula is C14H18O4. The molecule has 0 aliphatic carbocycles. The van der Waals surface area contributed by atoms with E-state index in [-0.39, 0.29) is 18.0 Å². The van der Waals surface area contributed by atoms with E-state index in [0.717, 1.165) is 12.8 Å². The Labute approximate surface area is 107 Å². The molecule has 1 aliphatic heterocycles. The number of hydrogen-bond acceptors (Lipinski definition) is 4. The van der Waals surface area contributed by atoms with Crippen LogP contribution in [-0.4, -0.2) is 32.2 Å². The SMILES string of the molecule is COc1ccc(C(=O)C2CCC(C)O2)cc1OC. The lowest BCUT2D eigenvalue weighted by Gasteiger charge is -2.12. The van der Waals surface area contributed by atoms with Gasteiger partial charge in [-0.3, -0.25) is 4.79 Å². The van der Waals surface area contributed by atoms with Crippen molar-refractivity contribution in [2.45, 2.75) is 32.0 Å². The monoisotopic (exact) mass is 250 g/mol. The third-order valence-corrected chi connectivity index (χ3v) is 3.19. The van der Waals surface area contributed by atoms with Crippen LogP contribution in [0.4, 0.5) is 0 Å². The molecule has 1 saturated heterocycles. The number of hydrogen-bond donors (Lipinski definition) is 0. The van der Waals surface area contributed by atoms with Crippen LogP contribution >= 0.6 is 0 Å². The third-order valence-electron chi connectivity index (χ3n) is 3.19. The fourth-order valence-corrected chi connectivity index (χ4v) is 2.17. The molecule has 1 aromatic carbocycles. The summed E-state index contributed by atoms with van der Waals surface area (Å²) in [5.74, 6) is 1.20. The van der Waals surface area contributed by atoms with Gasteiger partial charge in [-0.1, -0.05) is 0 Å². The van der Waals surface area contributed by atoms with Gasteiger partial charge in [0.05, 0.1) is 20.3 Å². The van der Waals surface area contributed by atoms with Crippen molar-refractivity contribution in [3.05, 3.63) is 23.8 Å². The molecule has 2 unspecified atom stereocenters. The number of carbonyl (C=O) groups is 1. The van der Waals surface area contributed by atoms with Gasteiger partial charge in [0.2, 0.25) is 0 Å². The Morgan fingerprint density at radius 3 is 2.50 bits per heavy atom. The Hall–Kier alpha value is -1.55. The lowest BCUT2D eigenvalue weighted by molar-refractivity contribution is 0.0433. The second-order valence-corrected chi connectivity index (χ2v) is 4.45. The Bertz CT molecular complexity index is 441. The van der Waals surface area contributed by atoms with Crippen molar-refractivity contribution >= 4 is 5.78 Å². The van der Waals surface area contributed by atoms with Crippen LogP contribution in [0.15, 0.2) is 18.2 Å². The average Bonchev–Trinajstić information content (AvgIpc) is 2.83. The standard InChI is InChI=1S/C14H18O4/c1-9-4-6-12(18-9)14(15)10-5-7-11(16-2)13(8-10)17-3/h5,7-9,12H,4,6H2,1-3H3. The van der Waals surface area contributed by atoms with Crippen molar-refractivity contribution in [3.8, 4) is 11.5 Å². The van der Waals surface area contributed by atoms with Crippen molar-refractivity contribution in [1.29, 1.82) is 0 Å². The van der Waals surface area contributed by atoms with Crippen molar-refractivity contribution < 1.29 is 19.0 Å². The lowest BCUT2D eigenvalue weighted by Crippen LogP contribution is -2.20. The first-order chi connectivity index (χ1) is 8.65. The molecule has 0 N–H and O–H groups in total. The van der Waals surface area contributed by atoms with Gasteiger partial charge in [0.25, 0.3) is 0 Å². The molecule has 4 nitrogen and oxygen atoms in total. The zero-order chi connectivity index (χ0) is 13.1. The Balaban J connectivity index is 2.20. The summed E-state index contributed by atoms with van der Waals surface area (Å²) in [5, 5.41) is 0. The van der Waals surface area contributed by atoms with Crippen LogP contribution in [0.5, 0.6) is 11.5 Å². The third kappa shape index (κ3) is 2.48. The molecule has 0 spiro atoms. The normalized spacial score (nSPS) is 22.8. The highest BCUT2D eigenvalue weighted by Crippen LogP contribution is 2.30. The molecule has 1 aliphatic rings. The fourth-order valence-electron chi connectivity index (χ4n) is 2.17. The van der Waals surface area contributed by atoms with Crippen LogP contribution in [-0.2, 0) is 4.74 Å². The van der Waals surface area contributed by atoms with Gasteiger partial charge in [-0.2, -0.15) is 0 Å². The molecule has 2 atom stereocenters. The van der Waals surface area contributed by atoms with Crippen molar-refractivity contribution in [2.24, 2.45) is 0 Å². The van der Waals surface area contributed by atoms with Crippen molar-refractivity contribution in [3.63, 3.8) is 0 Å². The summed E-state index contributed by atoms with van der Waals surface area (Å²) in [5.41, 5.74) is 0.603. The minimum absolute atomic E-state index is 0.0142. The van der Waals surface area contributed by atoms with E-state index in [9.17, 15) is 4.79 Å². The highest BCUT2D eigenvalue weighted by atomic mass is 16.5. The molecule has 2 rings (SSSR count). The smallest absolute Gasteiger partial charge is 0.191 e. The number of methoxy groups -OCH3 is 2. The zero-order valence-corrected chi connectivity index (χ0v) is 10.9. The fraction of sp³-hybridized carbons (Fsp3) is 0.500. The van der Waals surface area contributed by atoms with E-state index in [1.54, 1.807) is 32.4 Å². The quantitative estimate of drug-likeness (QED) is 0.770. The zero-order valence-electron chi connectivity index (χ0n) is 10.9. The second-order valence-electron chi connectivity index (χ2n) is 4.45. The molecular weight excluding hydrogens is 232 g/mol. The Morgan fingerprint density at radius 2 is 1.94 bits per heavy atom. The summed E-state index contributed by atoms with van der Waals surface area (Å²) >= 11 is 0. The largest absolute Gasteiger partial charge is 0.493 e. The summed E-state index contributed by atoms with van der Waals surface area (Å²) in [6.07, 6.45) is 1.56. The predicted octanol–water partition coefficient (Wildman–Crippen LogP) is 2.45. The number of rotatable bonds is 4. The van der Waals surface area contributed by atoms with Crippen LogP contribution in [0.2, 0.25) is 0 Å². The van der Waals surface area contributed by atoms with Gasteiger partial charge in [-0.25, -0.2) is 0 Å². The van der Waals surface area contributed by atoms with E-state index in [2.05, 4.69) is 0 Å². The second kappa shape index (κ2) is 5.40. The van der Waals surface area contributed by atoms with Gasteiger partial charge in [-0.15, -0.1) is 0 Å². The van der Waals surface area contributed by atoms with E-state index in [1.807, 2.05) is 6.92 Å². The minimum Gasteiger partial charge on any atom is -0.493 e. The van der Waals surface area contributed by atoms with E-state index >= 15 is 0 Å². The minimum atomic E-state index is -0.321. The maximum absolute atomic E-state index is 12.2. The lowest BCUT2D eigenvalue weighted by atomic mass is 10.0. The Morgan fingerprint density at radius 1 is 1.22 bits per heavy atom. The van der Waals surface area contributed by atoms with Gasteiger partial charge < -0.3 is 14.2 Å². The van der Waals surface area contributed by atoms with Gasteiger partial charge in [0.1, 0.15) is 6.10 Å². The van der Waals surface area contributed by atoms with Crippen molar-refractivity contribution in [2.75, 3.05) is 14.2 Å². The highest BCUT2D eigenvalue weighted by molar-refractivity contribution is 6.00. The molecule has 4 heteroatoms. The van der Waals surface area contributed by atoms with Crippen LogP contribution in [0.1, 0.15) is 30.1 Å². The molecule has 0 saturated carbocycles. The summed E-state index contributed by atoms with van der Waals surface area (Å²) < 4.78 is 15.9. The van der Waals surface area contributed by atoms with E-state index < -0.39 is 0 Å².